The number of hydrogen-bond donors (Lipinski definition) is 1. The van der Waals surface area contributed by atoms with Crippen LogP contribution in [0.4, 0.5) is 0 Å². The third-order valence-corrected chi connectivity index (χ3v) is 4.15. The van der Waals surface area contributed by atoms with Crippen LogP contribution in [0.1, 0.15) is 11.1 Å². The molecule has 3 aromatic rings. The largest absolute Gasteiger partial charge is 0.497 e. The van der Waals surface area contributed by atoms with Crippen molar-refractivity contribution in [3.8, 4) is 5.75 Å². The van der Waals surface area contributed by atoms with E-state index in [-0.39, 0.29) is 0 Å². The summed E-state index contributed by atoms with van der Waals surface area (Å²) in [6.45, 7) is 1.62. The number of fused-ring (bicyclic) bond motifs is 1. The average Bonchev–Trinajstić information content (AvgIpc) is 3.10. The molecule has 0 unspecified atom stereocenters. The highest BCUT2D eigenvalue weighted by Gasteiger charge is 2.12. The Labute approximate surface area is 140 Å². The summed E-state index contributed by atoms with van der Waals surface area (Å²) < 4.78 is 5.21. The van der Waals surface area contributed by atoms with Gasteiger partial charge < -0.3 is 14.6 Å². The minimum Gasteiger partial charge on any atom is -0.497 e. The summed E-state index contributed by atoms with van der Waals surface area (Å²) in [5.41, 5.74) is 5.48. The molecule has 0 atom stereocenters. The van der Waals surface area contributed by atoms with E-state index in [9.17, 15) is 0 Å². The Morgan fingerprint density at radius 2 is 2.04 bits per heavy atom. The van der Waals surface area contributed by atoms with E-state index < -0.39 is 0 Å². The summed E-state index contributed by atoms with van der Waals surface area (Å²) in [5, 5.41) is 0. The van der Waals surface area contributed by atoms with Crippen LogP contribution >= 0.6 is 0 Å². The molecule has 0 saturated heterocycles. The smallest absolute Gasteiger partial charge is 0.118 e. The molecule has 5 nitrogen and oxygen atoms in total. The SMILES string of the molecule is COc1ccc(C2=NC=CN(Cc3ccc4nc[nH]c4c3)C2)cc1. The second-order valence-electron chi connectivity index (χ2n) is 5.76. The van der Waals surface area contributed by atoms with Crippen LogP contribution in [0.5, 0.6) is 5.75 Å². The van der Waals surface area contributed by atoms with Crippen molar-refractivity contribution in [2.75, 3.05) is 13.7 Å². The molecule has 1 aliphatic heterocycles. The number of benzene rings is 2. The van der Waals surface area contributed by atoms with Crippen molar-refractivity contribution < 1.29 is 4.74 Å². The van der Waals surface area contributed by atoms with E-state index in [4.69, 9.17) is 4.74 Å². The van der Waals surface area contributed by atoms with Crippen molar-refractivity contribution in [1.29, 1.82) is 0 Å². The van der Waals surface area contributed by atoms with Gasteiger partial charge in [-0.15, -0.1) is 0 Å². The molecule has 24 heavy (non-hydrogen) atoms. The molecular weight excluding hydrogens is 300 g/mol. The summed E-state index contributed by atoms with van der Waals surface area (Å²) >= 11 is 0. The van der Waals surface area contributed by atoms with Crippen LogP contribution in [0, 0.1) is 0 Å². The van der Waals surface area contributed by atoms with Crippen LogP contribution in [-0.2, 0) is 6.54 Å². The van der Waals surface area contributed by atoms with Gasteiger partial charge in [0.05, 0.1) is 36.7 Å². The van der Waals surface area contributed by atoms with Crippen molar-refractivity contribution in [2.45, 2.75) is 6.54 Å². The van der Waals surface area contributed by atoms with Gasteiger partial charge in [0.1, 0.15) is 5.75 Å². The fourth-order valence-corrected chi connectivity index (χ4v) is 2.88. The monoisotopic (exact) mass is 318 g/mol. The van der Waals surface area contributed by atoms with Gasteiger partial charge >= 0.3 is 0 Å². The van der Waals surface area contributed by atoms with Crippen molar-refractivity contribution >= 4 is 16.7 Å². The van der Waals surface area contributed by atoms with E-state index in [1.54, 1.807) is 13.4 Å². The maximum atomic E-state index is 5.21. The Balaban J connectivity index is 1.49. The first-order valence-electron chi connectivity index (χ1n) is 7.86. The number of H-pyrrole nitrogens is 1. The molecule has 0 bridgehead atoms. The third-order valence-electron chi connectivity index (χ3n) is 4.15. The Kier molecular flexibility index (Phi) is 3.75. The van der Waals surface area contributed by atoms with Gasteiger partial charge in [-0.1, -0.05) is 6.07 Å². The third kappa shape index (κ3) is 2.88. The van der Waals surface area contributed by atoms with E-state index in [2.05, 4.69) is 32.0 Å². The molecule has 1 aliphatic rings. The van der Waals surface area contributed by atoms with E-state index in [0.29, 0.717) is 0 Å². The van der Waals surface area contributed by atoms with Crippen LogP contribution in [0.25, 0.3) is 11.0 Å². The number of rotatable bonds is 4. The molecule has 1 N–H and O–H groups in total. The number of hydrogen-bond acceptors (Lipinski definition) is 4. The lowest BCUT2D eigenvalue weighted by Crippen LogP contribution is -2.27. The van der Waals surface area contributed by atoms with Crippen LogP contribution in [0.15, 0.2) is 66.2 Å². The molecule has 1 aromatic heterocycles. The number of aliphatic imine (C=N–C) groups is 1. The maximum Gasteiger partial charge on any atom is 0.118 e. The first-order chi connectivity index (χ1) is 11.8. The van der Waals surface area contributed by atoms with Crippen LogP contribution in [-0.4, -0.2) is 34.2 Å². The molecule has 2 aromatic carbocycles. The zero-order chi connectivity index (χ0) is 16.4. The van der Waals surface area contributed by atoms with Gasteiger partial charge in [-0.3, -0.25) is 4.99 Å². The summed E-state index contributed by atoms with van der Waals surface area (Å²) in [5.74, 6) is 0.857. The van der Waals surface area contributed by atoms with Crippen molar-refractivity contribution in [1.82, 2.24) is 14.9 Å². The van der Waals surface area contributed by atoms with E-state index in [1.165, 1.54) is 5.56 Å². The zero-order valence-corrected chi connectivity index (χ0v) is 13.4. The molecule has 0 aliphatic carbocycles. The van der Waals surface area contributed by atoms with E-state index >= 15 is 0 Å². The molecule has 0 saturated carbocycles. The predicted octanol–water partition coefficient (Wildman–Crippen LogP) is 3.35. The highest BCUT2D eigenvalue weighted by Crippen LogP contribution is 2.17. The van der Waals surface area contributed by atoms with Gasteiger partial charge in [0.15, 0.2) is 0 Å². The standard InChI is InChI=1S/C19H18N4O/c1-24-16-5-3-15(4-6-16)19-12-23(9-8-20-19)11-14-2-7-17-18(10-14)22-13-21-17/h2-10,13H,11-12H2,1H3,(H,21,22). The molecule has 0 spiro atoms. The summed E-state index contributed by atoms with van der Waals surface area (Å²) in [6, 6.07) is 14.3. The first kappa shape index (κ1) is 14.5. The van der Waals surface area contributed by atoms with Gasteiger partial charge in [-0.05, 0) is 47.5 Å². The fourth-order valence-electron chi connectivity index (χ4n) is 2.88. The summed E-state index contributed by atoms with van der Waals surface area (Å²) in [4.78, 5) is 14.2. The summed E-state index contributed by atoms with van der Waals surface area (Å²) in [7, 11) is 1.67. The molecule has 2 heterocycles. The number of nitrogens with one attached hydrogen (secondary N) is 1. The Bertz CT molecular complexity index is 909. The highest BCUT2D eigenvalue weighted by molar-refractivity contribution is 6.03. The van der Waals surface area contributed by atoms with E-state index in [1.807, 2.05) is 42.7 Å². The van der Waals surface area contributed by atoms with Crippen LogP contribution in [0.3, 0.4) is 0 Å². The van der Waals surface area contributed by atoms with Gasteiger partial charge in [0.25, 0.3) is 0 Å². The summed E-state index contributed by atoms with van der Waals surface area (Å²) in [6.07, 6.45) is 5.62. The number of aromatic amines is 1. The van der Waals surface area contributed by atoms with Crippen molar-refractivity contribution in [3.05, 3.63) is 72.3 Å². The van der Waals surface area contributed by atoms with Gasteiger partial charge in [-0.2, -0.15) is 0 Å². The van der Waals surface area contributed by atoms with Crippen LogP contribution in [0.2, 0.25) is 0 Å². The quantitative estimate of drug-likeness (QED) is 0.802. The van der Waals surface area contributed by atoms with Gasteiger partial charge in [0, 0.05) is 18.9 Å². The average molecular weight is 318 g/mol. The van der Waals surface area contributed by atoms with Crippen molar-refractivity contribution in [3.63, 3.8) is 0 Å². The van der Waals surface area contributed by atoms with Gasteiger partial charge in [-0.25, -0.2) is 4.98 Å². The highest BCUT2D eigenvalue weighted by atomic mass is 16.5. The number of imidazole rings is 1. The number of methoxy groups -OCH3 is 1. The molecule has 0 radical (unpaired) electrons. The molecule has 120 valence electrons. The van der Waals surface area contributed by atoms with Crippen molar-refractivity contribution in [2.24, 2.45) is 4.99 Å². The second kappa shape index (κ2) is 6.20. The lowest BCUT2D eigenvalue weighted by atomic mass is 10.1. The predicted molar refractivity (Wildman–Crippen MR) is 95.2 cm³/mol. The number of nitrogens with zero attached hydrogens (tertiary/aromatic N) is 3. The minimum absolute atomic E-state index is 0.782. The molecular formula is C19H18N4O. The number of aromatic nitrogens is 2. The Hall–Kier alpha value is -3.08. The molecule has 5 heteroatoms. The normalized spacial score (nSPS) is 14.0. The maximum absolute atomic E-state index is 5.21. The first-order valence-corrected chi connectivity index (χ1v) is 7.86. The zero-order valence-electron chi connectivity index (χ0n) is 13.4. The minimum atomic E-state index is 0.782. The van der Waals surface area contributed by atoms with Crippen LogP contribution < -0.4 is 4.74 Å². The molecule has 0 amide bonds. The lowest BCUT2D eigenvalue weighted by Gasteiger charge is -2.24. The molecule has 0 fully saturated rings. The second-order valence-corrected chi connectivity index (χ2v) is 5.76. The van der Waals surface area contributed by atoms with E-state index in [0.717, 1.165) is 41.1 Å². The Morgan fingerprint density at radius 1 is 1.17 bits per heavy atom. The Morgan fingerprint density at radius 3 is 2.88 bits per heavy atom. The number of ether oxygens (including phenoxy) is 1. The lowest BCUT2D eigenvalue weighted by molar-refractivity contribution is 0.413. The fraction of sp³-hybridized carbons (Fsp3) is 0.158. The van der Waals surface area contributed by atoms with Gasteiger partial charge in [0.2, 0.25) is 0 Å². The topological polar surface area (TPSA) is 53.5 Å². The molecule has 4 rings (SSSR count).